The van der Waals surface area contributed by atoms with Crippen molar-refractivity contribution in [1.82, 2.24) is 25.1 Å². The van der Waals surface area contributed by atoms with Crippen molar-refractivity contribution in [2.45, 2.75) is 32.2 Å². The summed E-state index contributed by atoms with van der Waals surface area (Å²) in [6.45, 7) is 2.75. The minimum atomic E-state index is -0.608. The quantitative estimate of drug-likeness (QED) is 0.596. The number of carbonyl (C=O) groups excluding carboxylic acids is 2. The SMILES string of the molecule is COc1cccc(C[C@H](C(=O)N2CCC[C@H](C(=O)Nc3ccccc3)C2)n2nnnc2C)c1. The largest absolute Gasteiger partial charge is 0.497 e. The Hall–Kier alpha value is -3.75. The van der Waals surface area contributed by atoms with Crippen LogP contribution in [0.4, 0.5) is 5.69 Å². The topological polar surface area (TPSA) is 102 Å². The number of aryl methyl sites for hydroxylation is 1. The second kappa shape index (κ2) is 10.2. The van der Waals surface area contributed by atoms with Crippen LogP contribution < -0.4 is 10.1 Å². The van der Waals surface area contributed by atoms with E-state index in [-0.39, 0.29) is 17.7 Å². The van der Waals surface area contributed by atoms with Crippen LogP contribution in [-0.4, -0.2) is 57.1 Å². The fraction of sp³-hybridized carbons (Fsp3) is 0.375. The van der Waals surface area contributed by atoms with Crippen molar-refractivity contribution in [3.8, 4) is 5.75 Å². The third-order valence-electron chi connectivity index (χ3n) is 5.95. The Morgan fingerprint density at radius 3 is 2.73 bits per heavy atom. The van der Waals surface area contributed by atoms with Crippen molar-refractivity contribution < 1.29 is 14.3 Å². The number of nitrogens with one attached hydrogen (secondary N) is 1. The van der Waals surface area contributed by atoms with Crippen molar-refractivity contribution in [2.24, 2.45) is 5.92 Å². The van der Waals surface area contributed by atoms with E-state index < -0.39 is 6.04 Å². The van der Waals surface area contributed by atoms with Gasteiger partial charge in [-0.1, -0.05) is 30.3 Å². The van der Waals surface area contributed by atoms with E-state index in [2.05, 4.69) is 20.8 Å². The fourth-order valence-corrected chi connectivity index (χ4v) is 4.20. The number of amides is 2. The zero-order chi connectivity index (χ0) is 23.2. The molecule has 2 amide bonds. The minimum absolute atomic E-state index is 0.0679. The van der Waals surface area contributed by atoms with Gasteiger partial charge in [-0.25, -0.2) is 4.68 Å². The van der Waals surface area contributed by atoms with Crippen LogP contribution in [0.3, 0.4) is 0 Å². The van der Waals surface area contributed by atoms with E-state index in [9.17, 15) is 9.59 Å². The molecule has 0 saturated carbocycles. The molecule has 9 nitrogen and oxygen atoms in total. The number of aromatic nitrogens is 4. The van der Waals surface area contributed by atoms with Gasteiger partial charge in [-0.2, -0.15) is 0 Å². The van der Waals surface area contributed by atoms with Gasteiger partial charge in [-0.3, -0.25) is 9.59 Å². The Balaban J connectivity index is 1.51. The first-order chi connectivity index (χ1) is 16.0. The Labute approximate surface area is 192 Å². The lowest BCUT2D eigenvalue weighted by atomic mass is 9.95. The number of likely N-dealkylation sites (tertiary alicyclic amines) is 1. The molecule has 2 aromatic carbocycles. The number of nitrogens with zero attached hydrogens (tertiary/aromatic N) is 5. The molecule has 2 heterocycles. The third kappa shape index (κ3) is 5.36. The van der Waals surface area contributed by atoms with E-state index in [0.29, 0.717) is 25.3 Å². The van der Waals surface area contributed by atoms with Crippen LogP contribution in [-0.2, 0) is 16.0 Å². The lowest BCUT2D eigenvalue weighted by molar-refractivity contribution is -0.138. The molecule has 0 aliphatic carbocycles. The average Bonchev–Trinajstić information content (AvgIpc) is 3.28. The van der Waals surface area contributed by atoms with Gasteiger partial charge in [0.1, 0.15) is 17.6 Å². The number of methoxy groups -OCH3 is 1. The zero-order valence-electron chi connectivity index (χ0n) is 18.8. The van der Waals surface area contributed by atoms with E-state index in [1.54, 1.807) is 23.6 Å². The molecule has 2 atom stereocenters. The number of tetrazole rings is 1. The average molecular weight is 449 g/mol. The molecule has 0 spiro atoms. The second-order valence-corrected chi connectivity index (χ2v) is 8.22. The molecule has 0 radical (unpaired) electrons. The number of ether oxygens (including phenoxy) is 1. The molecule has 1 fully saturated rings. The van der Waals surface area contributed by atoms with Gasteiger partial charge in [0.25, 0.3) is 0 Å². The van der Waals surface area contributed by atoms with Crippen LogP contribution in [0, 0.1) is 12.8 Å². The van der Waals surface area contributed by atoms with Crippen LogP contribution in [0.15, 0.2) is 54.6 Å². The van der Waals surface area contributed by atoms with Crippen LogP contribution in [0.2, 0.25) is 0 Å². The van der Waals surface area contributed by atoms with Crippen LogP contribution in [0.25, 0.3) is 0 Å². The molecule has 1 saturated heterocycles. The Morgan fingerprint density at radius 2 is 2.00 bits per heavy atom. The maximum absolute atomic E-state index is 13.7. The van der Waals surface area contributed by atoms with Gasteiger partial charge in [0.05, 0.1) is 13.0 Å². The lowest BCUT2D eigenvalue weighted by Gasteiger charge is -2.34. The highest BCUT2D eigenvalue weighted by molar-refractivity contribution is 5.93. The minimum Gasteiger partial charge on any atom is -0.497 e. The van der Waals surface area contributed by atoms with Gasteiger partial charge in [0.15, 0.2) is 0 Å². The second-order valence-electron chi connectivity index (χ2n) is 8.22. The maximum Gasteiger partial charge on any atom is 0.247 e. The summed E-state index contributed by atoms with van der Waals surface area (Å²) in [5, 5.41) is 14.8. The van der Waals surface area contributed by atoms with Crippen LogP contribution in [0.1, 0.15) is 30.3 Å². The summed E-state index contributed by atoms with van der Waals surface area (Å²) in [6.07, 6.45) is 1.92. The van der Waals surface area contributed by atoms with Crippen LogP contribution in [0.5, 0.6) is 5.75 Å². The number of para-hydroxylation sites is 1. The summed E-state index contributed by atoms with van der Waals surface area (Å²) >= 11 is 0. The van der Waals surface area contributed by atoms with E-state index in [0.717, 1.165) is 29.8 Å². The van der Waals surface area contributed by atoms with Crippen molar-refractivity contribution in [1.29, 1.82) is 0 Å². The monoisotopic (exact) mass is 448 g/mol. The summed E-state index contributed by atoms with van der Waals surface area (Å²) in [4.78, 5) is 28.3. The first-order valence-corrected chi connectivity index (χ1v) is 11.1. The first kappa shape index (κ1) is 22.4. The van der Waals surface area contributed by atoms with Crippen molar-refractivity contribution in [3.63, 3.8) is 0 Å². The number of benzene rings is 2. The van der Waals surface area contributed by atoms with E-state index >= 15 is 0 Å². The third-order valence-corrected chi connectivity index (χ3v) is 5.95. The predicted molar refractivity (Wildman–Crippen MR) is 123 cm³/mol. The highest BCUT2D eigenvalue weighted by Gasteiger charge is 2.34. The van der Waals surface area contributed by atoms with E-state index in [1.165, 1.54) is 0 Å². The van der Waals surface area contributed by atoms with Gasteiger partial charge in [-0.05, 0) is 60.0 Å². The summed E-state index contributed by atoms with van der Waals surface area (Å²) in [6, 6.07) is 16.4. The number of rotatable bonds is 7. The molecule has 1 aromatic heterocycles. The zero-order valence-corrected chi connectivity index (χ0v) is 18.8. The Kier molecular flexibility index (Phi) is 6.97. The molecule has 0 unspecified atom stereocenters. The lowest BCUT2D eigenvalue weighted by Crippen LogP contribution is -2.47. The smallest absolute Gasteiger partial charge is 0.247 e. The molecule has 9 heteroatoms. The molecule has 1 aliphatic heterocycles. The predicted octanol–water partition coefficient (Wildman–Crippen LogP) is 2.65. The Bertz CT molecular complexity index is 1100. The van der Waals surface area contributed by atoms with Crippen molar-refractivity contribution in [2.75, 3.05) is 25.5 Å². The summed E-state index contributed by atoms with van der Waals surface area (Å²) in [5.74, 6) is 0.858. The molecule has 33 heavy (non-hydrogen) atoms. The molecular formula is C24H28N6O3. The highest BCUT2D eigenvalue weighted by atomic mass is 16.5. The molecule has 1 N–H and O–H groups in total. The summed E-state index contributed by atoms with van der Waals surface area (Å²) in [5.41, 5.74) is 1.70. The fourth-order valence-electron chi connectivity index (χ4n) is 4.20. The standard InChI is InChI=1S/C24H28N6O3/c1-17-26-27-28-30(17)22(15-18-8-6-12-21(14-18)33-2)24(32)29-13-7-9-19(16-29)23(31)25-20-10-4-3-5-11-20/h3-6,8,10-12,14,19,22H,7,9,13,15-16H2,1-2H3,(H,25,31)/t19-,22+/m0/s1. The summed E-state index contributed by atoms with van der Waals surface area (Å²) < 4.78 is 6.89. The van der Waals surface area contributed by atoms with Gasteiger partial charge < -0.3 is 15.0 Å². The molecule has 3 aromatic rings. The molecule has 1 aliphatic rings. The van der Waals surface area contributed by atoms with Gasteiger partial charge >= 0.3 is 0 Å². The molecule has 4 rings (SSSR count). The van der Waals surface area contributed by atoms with Crippen molar-refractivity contribution >= 4 is 17.5 Å². The maximum atomic E-state index is 13.7. The van der Waals surface area contributed by atoms with Crippen molar-refractivity contribution in [3.05, 3.63) is 66.0 Å². The van der Waals surface area contributed by atoms with Gasteiger partial charge in [0, 0.05) is 25.2 Å². The number of hydrogen-bond donors (Lipinski definition) is 1. The molecule has 172 valence electrons. The first-order valence-electron chi connectivity index (χ1n) is 11.1. The molecule has 0 bridgehead atoms. The van der Waals surface area contributed by atoms with Gasteiger partial charge in [-0.15, -0.1) is 5.10 Å². The van der Waals surface area contributed by atoms with E-state index in [4.69, 9.17) is 4.74 Å². The number of piperidine rings is 1. The number of hydrogen-bond acceptors (Lipinski definition) is 6. The number of carbonyl (C=O) groups is 2. The molecular weight excluding hydrogens is 420 g/mol. The highest BCUT2D eigenvalue weighted by Crippen LogP contribution is 2.25. The normalized spacial score (nSPS) is 16.8. The number of anilines is 1. The Morgan fingerprint density at radius 1 is 1.18 bits per heavy atom. The summed E-state index contributed by atoms with van der Waals surface area (Å²) in [7, 11) is 1.61. The van der Waals surface area contributed by atoms with E-state index in [1.807, 2.05) is 54.6 Å². The van der Waals surface area contributed by atoms with Gasteiger partial charge in [0.2, 0.25) is 11.8 Å². The van der Waals surface area contributed by atoms with Crippen LogP contribution >= 0.6 is 0 Å².